The summed E-state index contributed by atoms with van der Waals surface area (Å²) in [6, 6.07) is 12.6. The number of nitrogens with zero attached hydrogens (tertiary/aromatic N) is 1. The third-order valence-electron chi connectivity index (χ3n) is 3.14. The van der Waals surface area contributed by atoms with Crippen LogP contribution in [0, 0.1) is 0 Å². The highest BCUT2D eigenvalue weighted by Gasteiger charge is 2.06. The second-order valence-electron chi connectivity index (χ2n) is 4.74. The van der Waals surface area contributed by atoms with Gasteiger partial charge in [0.15, 0.2) is 0 Å². The summed E-state index contributed by atoms with van der Waals surface area (Å²) in [6.45, 7) is 5.75. The van der Waals surface area contributed by atoms with Crippen molar-refractivity contribution in [2.45, 2.75) is 6.92 Å². The van der Waals surface area contributed by atoms with Crippen molar-refractivity contribution in [1.29, 1.82) is 0 Å². The first-order valence-corrected chi connectivity index (χ1v) is 6.71. The fraction of sp³-hybridized carbons (Fsp3) is 0.0556. The number of hydrogen-bond donors (Lipinski definition) is 0. The molecule has 1 aromatic heterocycles. The van der Waals surface area contributed by atoms with Gasteiger partial charge in [-0.2, -0.15) is 0 Å². The lowest BCUT2D eigenvalue weighted by atomic mass is 9.92. The molecule has 20 heavy (non-hydrogen) atoms. The molecule has 2 aromatic rings. The summed E-state index contributed by atoms with van der Waals surface area (Å²) in [4.78, 5) is 4.53. The van der Waals surface area contributed by atoms with E-state index in [1.165, 1.54) is 11.0 Å². The summed E-state index contributed by atoms with van der Waals surface area (Å²) in [7, 11) is 2.10. The summed E-state index contributed by atoms with van der Waals surface area (Å²) in [5.41, 5.74) is 5.78. The molecule has 0 radical (unpaired) electrons. The molecule has 2 rings (SSSR count). The Labute approximate surface area is 121 Å². The largest absolute Gasteiger partial charge is 0.256 e. The zero-order valence-corrected chi connectivity index (χ0v) is 12.0. The number of aromatic nitrogens is 1. The number of rotatable bonds is 4. The molecule has 0 saturated carbocycles. The van der Waals surface area contributed by atoms with Crippen LogP contribution in [0.3, 0.4) is 0 Å². The normalized spacial score (nSPS) is 11.8. The molecule has 0 bridgehead atoms. The maximum Gasteiger partial charge on any atom is 0.139 e. The summed E-state index contributed by atoms with van der Waals surface area (Å²) in [5.74, 6) is 0. The van der Waals surface area contributed by atoms with Crippen LogP contribution in [-0.2, 0) is 0 Å². The van der Waals surface area contributed by atoms with Gasteiger partial charge in [-0.3, -0.25) is 4.98 Å². The quantitative estimate of drug-likeness (QED) is 0.607. The molecular formula is C18H18BN. The van der Waals surface area contributed by atoms with Crippen molar-refractivity contribution < 1.29 is 0 Å². The van der Waals surface area contributed by atoms with E-state index in [1.807, 2.05) is 24.4 Å². The number of hydrogen-bond acceptors (Lipinski definition) is 1. The lowest BCUT2D eigenvalue weighted by Crippen LogP contribution is -2.00. The Bertz CT molecular complexity index is 651. The Morgan fingerprint density at radius 3 is 2.60 bits per heavy atom. The predicted octanol–water partition coefficient (Wildman–Crippen LogP) is 3.15. The Morgan fingerprint density at radius 1 is 1.15 bits per heavy atom. The van der Waals surface area contributed by atoms with E-state index in [2.05, 4.69) is 62.7 Å². The van der Waals surface area contributed by atoms with Gasteiger partial charge in [-0.05, 0) is 24.1 Å². The van der Waals surface area contributed by atoms with Crippen LogP contribution in [0.15, 0.2) is 73.5 Å². The smallest absolute Gasteiger partial charge is 0.139 e. The highest BCUT2D eigenvalue weighted by atomic mass is 14.7. The fourth-order valence-electron chi connectivity index (χ4n) is 2.04. The Kier molecular flexibility index (Phi) is 4.72. The van der Waals surface area contributed by atoms with E-state index in [1.54, 1.807) is 6.08 Å². The van der Waals surface area contributed by atoms with Gasteiger partial charge in [-0.25, -0.2) is 0 Å². The van der Waals surface area contributed by atoms with Crippen molar-refractivity contribution in [2.24, 2.45) is 0 Å². The second-order valence-corrected chi connectivity index (χ2v) is 4.74. The van der Waals surface area contributed by atoms with Gasteiger partial charge < -0.3 is 0 Å². The van der Waals surface area contributed by atoms with Crippen molar-refractivity contribution in [1.82, 2.24) is 4.98 Å². The van der Waals surface area contributed by atoms with Gasteiger partial charge in [0.2, 0.25) is 0 Å². The maximum absolute atomic E-state index is 4.53. The minimum atomic E-state index is 1.02. The molecule has 1 heterocycles. The summed E-state index contributed by atoms with van der Waals surface area (Å²) < 4.78 is 0. The average Bonchev–Trinajstić information content (AvgIpc) is 2.48. The molecule has 0 atom stereocenters. The van der Waals surface area contributed by atoms with Crippen LogP contribution in [0.1, 0.15) is 12.6 Å². The topological polar surface area (TPSA) is 12.9 Å². The molecule has 1 nitrogen and oxygen atoms in total. The van der Waals surface area contributed by atoms with E-state index < -0.39 is 0 Å². The Morgan fingerprint density at radius 2 is 1.90 bits per heavy atom. The van der Waals surface area contributed by atoms with Crippen LogP contribution in [0.25, 0.3) is 16.7 Å². The average molecular weight is 259 g/mol. The third-order valence-corrected chi connectivity index (χ3v) is 3.14. The highest BCUT2D eigenvalue weighted by molar-refractivity contribution is 6.32. The summed E-state index contributed by atoms with van der Waals surface area (Å²) >= 11 is 0. The van der Waals surface area contributed by atoms with E-state index >= 15 is 0 Å². The van der Waals surface area contributed by atoms with Crippen molar-refractivity contribution in [2.75, 3.05) is 0 Å². The molecule has 0 aliphatic rings. The molecule has 0 unspecified atom stereocenters. The maximum atomic E-state index is 4.53. The first-order chi connectivity index (χ1) is 9.72. The van der Waals surface area contributed by atoms with Crippen molar-refractivity contribution in [3.05, 3.63) is 79.2 Å². The SMILES string of the molecule is Bc1ccc(-c2cccnc2/C(C)=C/C=C\C=C)cc1. The van der Waals surface area contributed by atoms with Gasteiger partial charge in [-0.15, -0.1) is 0 Å². The number of pyridine rings is 1. The molecular weight excluding hydrogens is 241 g/mol. The molecule has 0 spiro atoms. The molecule has 0 N–H and O–H groups in total. The summed E-state index contributed by atoms with van der Waals surface area (Å²) in [6.07, 6.45) is 9.56. The molecule has 0 aliphatic carbocycles. The number of allylic oxidation sites excluding steroid dienone is 5. The van der Waals surface area contributed by atoms with Crippen LogP contribution in [0.5, 0.6) is 0 Å². The van der Waals surface area contributed by atoms with Gasteiger partial charge in [0.25, 0.3) is 0 Å². The monoisotopic (exact) mass is 259 g/mol. The van der Waals surface area contributed by atoms with Crippen molar-refractivity contribution in [3.8, 4) is 11.1 Å². The van der Waals surface area contributed by atoms with Crippen molar-refractivity contribution in [3.63, 3.8) is 0 Å². The van der Waals surface area contributed by atoms with E-state index in [0.717, 1.165) is 16.8 Å². The molecule has 0 aliphatic heterocycles. The van der Waals surface area contributed by atoms with Gasteiger partial charge >= 0.3 is 0 Å². The lowest BCUT2D eigenvalue weighted by molar-refractivity contribution is 1.27. The lowest BCUT2D eigenvalue weighted by Gasteiger charge is -2.09. The highest BCUT2D eigenvalue weighted by Crippen LogP contribution is 2.26. The predicted molar refractivity (Wildman–Crippen MR) is 90.8 cm³/mol. The van der Waals surface area contributed by atoms with Gasteiger partial charge in [0.05, 0.1) is 5.69 Å². The van der Waals surface area contributed by atoms with Crippen LogP contribution >= 0.6 is 0 Å². The van der Waals surface area contributed by atoms with Gasteiger partial charge in [0, 0.05) is 11.8 Å². The Hall–Kier alpha value is -2.35. The second kappa shape index (κ2) is 6.71. The van der Waals surface area contributed by atoms with Gasteiger partial charge in [-0.1, -0.05) is 66.7 Å². The standard InChI is InChI=1S/C18H18BN/c1-3-4-5-7-14(2)18-17(8-6-13-20-18)15-9-11-16(19)12-10-15/h3-13H,1,19H2,2H3/b5-4-,14-7+. The molecule has 0 saturated heterocycles. The number of benzene rings is 1. The zero-order valence-electron chi connectivity index (χ0n) is 12.0. The van der Waals surface area contributed by atoms with Crippen LogP contribution in [0.4, 0.5) is 0 Å². The zero-order chi connectivity index (χ0) is 14.4. The molecule has 1 aromatic carbocycles. The van der Waals surface area contributed by atoms with E-state index in [4.69, 9.17) is 0 Å². The van der Waals surface area contributed by atoms with E-state index in [-0.39, 0.29) is 0 Å². The minimum Gasteiger partial charge on any atom is -0.256 e. The van der Waals surface area contributed by atoms with E-state index in [0.29, 0.717) is 0 Å². The molecule has 0 amide bonds. The molecule has 98 valence electrons. The van der Waals surface area contributed by atoms with Crippen molar-refractivity contribution >= 4 is 18.9 Å². The minimum absolute atomic E-state index is 1.02. The first-order valence-electron chi connectivity index (χ1n) is 6.71. The van der Waals surface area contributed by atoms with Gasteiger partial charge in [0.1, 0.15) is 7.85 Å². The Balaban J connectivity index is 2.45. The fourth-order valence-corrected chi connectivity index (χ4v) is 2.04. The first kappa shape index (κ1) is 14.1. The van der Waals surface area contributed by atoms with Crippen LogP contribution in [0.2, 0.25) is 0 Å². The van der Waals surface area contributed by atoms with Crippen LogP contribution < -0.4 is 5.46 Å². The third kappa shape index (κ3) is 3.36. The van der Waals surface area contributed by atoms with Crippen LogP contribution in [-0.4, -0.2) is 12.8 Å². The molecule has 0 fully saturated rings. The van der Waals surface area contributed by atoms with E-state index in [9.17, 15) is 0 Å². The molecule has 2 heteroatoms. The summed E-state index contributed by atoms with van der Waals surface area (Å²) in [5, 5.41) is 0.